The van der Waals surface area contributed by atoms with E-state index in [1.807, 2.05) is 30.3 Å². The molecule has 7 nitrogen and oxygen atoms in total. The quantitative estimate of drug-likeness (QED) is 0.651. The van der Waals surface area contributed by atoms with E-state index >= 15 is 0 Å². The van der Waals surface area contributed by atoms with E-state index in [1.54, 1.807) is 0 Å². The van der Waals surface area contributed by atoms with Crippen molar-refractivity contribution in [1.29, 1.82) is 0 Å². The van der Waals surface area contributed by atoms with Crippen molar-refractivity contribution in [2.45, 2.75) is 90.0 Å². The SMILES string of the molecule is CC(=O)OC[C@]12[C@@H](OCc3ccccc3)C[C@@H]3C[C@]1(OC3(C)C)[C@H](C)C[C@H](O)[C@@H]2OC(C)=O. The molecular weight excluding hydrogens is 424 g/mol. The maximum atomic E-state index is 12.2. The van der Waals surface area contributed by atoms with E-state index in [0.717, 1.165) is 12.0 Å². The monoisotopic (exact) mass is 460 g/mol. The number of aliphatic hydroxyl groups excluding tert-OH is 1. The fourth-order valence-electron chi connectivity index (χ4n) is 6.67. The zero-order valence-electron chi connectivity index (χ0n) is 20.2. The Morgan fingerprint density at radius 3 is 2.45 bits per heavy atom. The zero-order chi connectivity index (χ0) is 24.0. The van der Waals surface area contributed by atoms with Gasteiger partial charge < -0.3 is 24.1 Å². The topological polar surface area (TPSA) is 91.3 Å². The normalized spacial score (nSPS) is 38.9. The Kier molecular flexibility index (Phi) is 6.35. The first kappa shape index (κ1) is 24.2. The summed E-state index contributed by atoms with van der Waals surface area (Å²) in [4.78, 5) is 24.2. The van der Waals surface area contributed by atoms with Gasteiger partial charge in [0, 0.05) is 13.8 Å². The van der Waals surface area contributed by atoms with Crippen LogP contribution in [0.4, 0.5) is 0 Å². The van der Waals surface area contributed by atoms with E-state index in [2.05, 4.69) is 20.8 Å². The van der Waals surface area contributed by atoms with Gasteiger partial charge in [0.05, 0.1) is 35.4 Å². The van der Waals surface area contributed by atoms with Crippen LogP contribution in [0, 0.1) is 17.3 Å². The van der Waals surface area contributed by atoms with Crippen LogP contribution >= 0.6 is 0 Å². The van der Waals surface area contributed by atoms with Gasteiger partial charge in [0.2, 0.25) is 0 Å². The maximum Gasteiger partial charge on any atom is 0.303 e. The molecule has 1 N–H and O–H groups in total. The lowest BCUT2D eigenvalue weighted by molar-refractivity contribution is -0.304. The Morgan fingerprint density at radius 2 is 1.82 bits per heavy atom. The van der Waals surface area contributed by atoms with Crippen LogP contribution in [0.1, 0.15) is 59.4 Å². The molecule has 0 aromatic heterocycles. The Hall–Kier alpha value is -1.96. The number of carbonyl (C=O) groups is 2. The van der Waals surface area contributed by atoms with Crippen LogP contribution in [0.2, 0.25) is 0 Å². The molecule has 3 fully saturated rings. The number of hydrogen-bond acceptors (Lipinski definition) is 7. The number of fused-ring (bicyclic) bond motifs is 1. The molecule has 33 heavy (non-hydrogen) atoms. The van der Waals surface area contributed by atoms with Crippen LogP contribution in [-0.2, 0) is 35.1 Å². The summed E-state index contributed by atoms with van der Waals surface area (Å²) >= 11 is 0. The summed E-state index contributed by atoms with van der Waals surface area (Å²) in [5, 5.41) is 11.2. The number of rotatable bonds is 6. The predicted molar refractivity (Wildman–Crippen MR) is 120 cm³/mol. The molecule has 7 atom stereocenters. The minimum Gasteiger partial charge on any atom is -0.465 e. The Balaban J connectivity index is 1.83. The van der Waals surface area contributed by atoms with Gasteiger partial charge in [0.1, 0.15) is 12.7 Å². The van der Waals surface area contributed by atoms with Crippen molar-refractivity contribution in [1.82, 2.24) is 0 Å². The van der Waals surface area contributed by atoms with E-state index in [9.17, 15) is 14.7 Å². The highest BCUT2D eigenvalue weighted by Crippen LogP contribution is 2.67. The van der Waals surface area contributed by atoms with Crippen LogP contribution in [0.15, 0.2) is 30.3 Å². The highest BCUT2D eigenvalue weighted by atomic mass is 16.6. The summed E-state index contributed by atoms with van der Waals surface area (Å²) < 4.78 is 24.9. The smallest absolute Gasteiger partial charge is 0.303 e. The average molecular weight is 461 g/mol. The third-order valence-electron chi connectivity index (χ3n) is 8.19. The summed E-state index contributed by atoms with van der Waals surface area (Å²) in [5.41, 5.74) is -1.22. The van der Waals surface area contributed by atoms with E-state index in [-0.39, 0.29) is 18.4 Å². The molecule has 3 aliphatic rings. The van der Waals surface area contributed by atoms with Crippen molar-refractivity contribution < 1.29 is 33.6 Å². The lowest BCUT2D eigenvalue weighted by Crippen LogP contribution is -2.74. The van der Waals surface area contributed by atoms with Crippen LogP contribution in [0.5, 0.6) is 0 Å². The second kappa shape index (κ2) is 8.67. The molecule has 2 saturated carbocycles. The van der Waals surface area contributed by atoms with Crippen molar-refractivity contribution in [2.24, 2.45) is 17.3 Å². The molecule has 1 aromatic carbocycles. The zero-order valence-corrected chi connectivity index (χ0v) is 20.2. The molecule has 7 heteroatoms. The van der Waals surface area contributed by atoms with Gasteiger partial charge in [0.25, 0.3) is 0 Å². The second-order valence-electron chi connectivity index (χ2n) is 10.6. The molecule has 2 aliphatic carbocycles. The highest BCUT2D eigenvalue weighted by Gasteiger charge is 2.76. The fraction of sp³-hybridized carbons (Fsp3) is 0.692. The molecule has 2 bridgehead atoms. The standard InChI is InChI=1S/C26H36O7/c1-16-11-21(29)23(32-18(3)28)25(15-31-17(2)27)22(30-14-19-9-7-6-8-10-19)12-20-13-26(16,25)33-24(20,4)5/h6-10,16,20-23,29H,11-15H2,1-5H3/t16-,20-,21+,22+,23+,25-,26+/m1/s1. The molecule has 4 rings (SSSR count). The van der Waals surface area contributed by atoms with E-state index in [0.29, 0.717) is 19.4 Å². The number of aliphatic hydroxyl groups is 1. The summed E-state index contributed by atoms with van der Waals surface area (Å²) in [6.45, 7) is 9.23. The van der Waals surface area contributed by atoms with Gasteiger partial charge in [-0.05, 0) is 50.5 Å². The molecule has 182 valence electrons. The van der Waals surface area contributed by atoms with Gasteiger partial charge in [-0.15, -0.1) is 0 Å². The van der Waals surface area contributed by atoms with Crippen molar-refractivity contribution in [3.05, 3.63) is 35.9 Å². The summed E-state index contributed by atoms with van der Waals surface area (Å²) in [7, 11) is 0. The first-order chi connectivity index (χ1) is 15.5. The summed E-state index contributed by atoms with van der Waals surface area (Å²) in [6.07, 6.45) is -0.469. The molecule has 1 aliphatic heterocycles. The minimum atomic E-state index is -1.04. The van der Waals surface area contributed by atoms with E-state index < -0.39 is 46.9 Å². The molecule has 1 heterocycles. The first-order valence-corrected chi connectivity index (χ1v) is 11.9. The van der Waals surface area contributed by atoms with Crippen molar-refractivity contribution >= 4 is 11.9 Å². The van der Waals surface area contributed by atoms with Crippen molar-refractivity contribution in [2.75, 3.05) is 6.61 Å². The minimum absolute atomic E-state index is 0.0517. The molecule has 1 aromatic rings. The molecule has 1 spiro atoms. The van der Waals surface area contributed by atoms with Crippen LogP contribution in [0.25, 0.3) is 0 Å². The number of carbonyl (C=O) groups excluding carboxylic acids is 2. The Bertz CT molecular complexity index is 884. The lowest BCUT2D eigenvalue weighted by Gasteiger charge is -2.62. The molecular formula is C26H36O7. The number of hydrogen-bond donors (Lipinski definition) is 1. The molecule has 1 saturated heterocycles. The summed E-state index contributed by atoms with van der Waals surface area (Å²) in [5.74, 6) is -0.760. The molecule has 0 radical (unpaired) electrons. The van der Waals surface area contributed by atoms with Crippen molar-refractivity contribution in [3.63, 3.8) is 0 Å². The lowest BCUT2D eigenvalue weighted by atomic mass is 9.49. The van der Waals surface area contributed by atoms with Crippen LogP contribution < -0.4 is 0 Å². The van der Waals surface area contributed by atoms with Gasteiger partial charge in [-0.1, -0.05) is 37.3 Å². The van der Waals surface area contributed by atoms with Gasteiger partial charge in [-0.2, -0.15) is 0 Å². The third-order valence-corrected chi connectivity index (χ3v) is 8.19. The van der Waals surface area contributed by atoms with Crippen LogP contribution in [-0.4, -0.2) is 53.2 Å². The average Bonchev–Trinajstić information content (AvgIpc) is 2.98. The van der Waals surface area contributed by atoms with Gasteiger partial charge in [0.15, 0.2) is 0 Å². The van der Waals surface area contributed by atoms with Crippen molar-refractivity contribution in [3.8, 4) is 0 Å². The molecule has 0 amide bonds. The first-order valence-electron chi connectivity index (χ1n) is 11.9. The van der Waals surface area contributed by atoms with E-state index in [1.165, 1.54) is 13.8 Å². The van der Waals surface area contributed by atoms with Gasteiger partial charge >= 0.3 is 11.9 Å². The largest absolute Gasteiger partial charge is 0.465 e. The van der Waals surface area contributed by atoms with E-state index in [4.69, 9.17) is 18.9 Å². The number of esters is 2. The molecule has 0 unspecified atom stereocenters. The Morgan fingerprint density at radius 1 is 1.12 bits per heavy atom. The number of benzene rings is 1. The second-order valence-corrected chi connectivity index (χ2v) is 10.6. The maximum absolute atomic E-state index is 12.2. The third kappa shape index (κ3) is 3.98. The summed E-state index contributed by atoms with van der Waals surface area (Å²) in [6, 6.07) is 9.86. The Labute approximate surface area is 195 Å². The van der Waals surface area contributed by atoms with Gasteiger partial charge in [-0.25, -0.2) is 0 Å². The number of ether oxygens (including phenoxy) is 4. The highest BCUT2D eigenvalue weighted by molar-refractivity contribution is 5.67. The predicted octanol–water partition coefficient (Wildman–Crippen LogP) is 3.41. The fourth-order valence-corrected chi connectivity index (χ4v) is 6.67. The van der Waals surface area contributed by atoms with Crippen LogP contribution in [0.3, 0.4) is 0 Å². The van der Waals surface area contributed by atoms with Gasteiger partial charge in [-0.3, -0.25) is 9.59 Å².